The second-order valence-electron chi connectivity index (χ2n) is 5.21. The molecular weight excluding hydrogens is 260 g/mol. The van der Waals surface area contributed by atoms with Gasteiger partial charge in [0.25, 0.3) is 0 Å². The summed E-state index contributed by atoms with van der Waals surface area (Å²) in [5, 5.41) is 24.7. The standard InChI is InChI=1S/C13H22N4O3/c1-3-11-12(17(19)20)13(15(2)14-11)16(8-5-9-18)10-6-4-7-10/h10,18H,3-9H2,1-2H3. The summed E-state index contributed by atoms with van der Waals surface area (Å²) in [7, 11) is 1.76. The molecule has 1 aliphatic carbocycles. The highest BCUT2D eigenvalue weighted by Crippen LogP contribution is 2.37. The highest BCUT2D eigenvalue weighted by Gasteiger charge is 2.34. The van der Waals surface area contributed by atoms with Crippen LogP contribution in [0.1, 0.15) is 38.3 Å². The van der Waals surface area contributed by atoms with Gasteiger partial charge in [0.15, 0.2) is 0 Å². The number of aryl methyl sites for hydroxylation is 2. The molecule has 0 spiro atoms. The van der Waals surface area contributed by atoms with Crippen LogP contribution < -0.4 is 4.90 Å². The molecule has 2 rings (SSSR count). The number of aliphatic hydroxyl groups excluding tert-OH is 1. The molecule has 1 aromatic heterocycles. The van der Waals surface area contributed by atoms with E-state index in [1.807, 2.05) is 6.92 Å². The predicted molar refractivity (Wildman–Crippen MR) is 75.9 cm³/mol. The molecule has 7 nitrogen and oxygen atoms in total. The van der Waals surface area contributed by atoms with E-state index in [1.54, 1.807) is 11.7 Å². The molecule has 20 heavy (non-hydrogen) atoms. The molecule has 0 saturated heterocycles. The Kier molecular flexibility index (Phi) is 4.59. The Labute approximate surface area is 118 Å². The first kappa shape index (κ1) is 14.8. The summed E-state index contributed by atoms with van der Waals surface area (Å²) in [6.07, 6.45) is 4.42. The number of aromatic nitrogens is 2. The van der Waals surface area contributed by atoms with E-state index in [1.165, 1.54) is 0 Å². The fourth-order valence-electron chi connectivity index (χ4n) is 2.71. The normalized spacial score (nSPS) is 15.2. The van der Waals surface area contributed by atoms with Crippen molar-refractivity contribution in [3.8, 4) is 0 Å². The lowest BCUT2D eigenvalue weighted by molar-refractivity contribution is -0.384. The number of nitrogens with zero attached hydrogens (tertiary/aromatic N) is 4. The van der Waals surface area contributed by atoms with Gasteiger partial charge in [0.1, 0.15) is 5.69 Å². The van der Waals surface area contributed by atoms with E-state index in [0.717, 1.165) is 19.3 Å². The summed E-state index contributed by atoms with van der Waals surface area (Å²) in [5.41, 5.74) is 0.653. The van der Waals surface area contributed by atoms with Gasteiger partial charge in [-0.1, -0.05) is 6.92 Å². The van der Waals surface area contributed by atoms with Crippen molar-refractivity contribution in [2.45, 2.75) is 45.1 Å². The van der Waals surface area contributed by atoms with Gasteiger partial charge in [-0.15, -0.1) is 0 Å². The summed E-state index contributed by atoms with van der Waals surface area (Å²) in [5.74, 6) is 0.588. The second kappa shape index (κ2) is 6.21. The quantitative estimate of drug-likeness (QED) is 0.607. The average Bonchev–Trinajstić information content (AvgIpc) is 2.69. The Hall–Kier alpha value is -1.63. The SMILES string of the molecule is CCc1nn(C)c(N(CCCO)C2CCC2)c1[N+](=O)[O-]. The Morgan fingerprint density at radius 1 is 1.55 bits per heavy atom. The summed E-state index contributed by atoms with van der Waals surface area (Å²) < 4.78 is 1.62. The number of rotatable bonds is 7. The molecule has 1 saturated carbocycles. The van der Waals surface area contributed by atoms with E-state index in [0.29, 0.717) is 36.9 Å². The number of nitro groups is 1. The molecule has 1 N–H and O–H groups in total. The van der Waals surface area contributed by atoms with Crippen molar-refractivity contribution in [1.29, 1.82) is 0 Å². The Morgan fingerprint density at radius 3 is 2.70 bits per heavy atom. The maximum atomic E-state index is 11.4. The van der Waals surface area contributed by atoms with Crippen LogP contribution in [0.5, 0.6) is 0 Å². The number of aliphatic hydroxyl groups is 1. The first-order chi connectivity index (χ1) is 9.60. The maximum Gasteiger partial charge on any atom is 0.334 e. The fourth-order valence-corrected chi connectivity index (χ4v) is 2.71. The number of anilines is 1. The summed E-state index contributed by atoms with van der Waals surface area (Å²) in [6.45, 7) is 2.60. The van der Waals surface area contributed by atoms with Gasteiger partial charge < -0.3 is 10.0 Å². The third-order valence-electron chi connectivity index (χ3n) is 3.92. The molecule has 0 amide bonds. The summed E-state index contributed by atoms with van der Waals surface area (Å²) in [4.78, 5) is 13.1. The van der Waals surface area contributed by atoms with Gasteiger partial charge in [-0.3, -0.25) is 10.1 Å². The lowest BCUT2D eigenvalue weighted by atomic mass is 9.91. The second-order valence-corrected chi connectivity index (χ2v) is 5.21. The predicted octanol–water partition coefficient (Wildman–Crippen LogP) is 1.63. The van der Waals surface area contributed by atoms with E-state index in [4.69, 9.17) is 5.11 Å². The lowest BCUT2D eigenvalue weighted by Gasteiger charge is -2.38. The molecule has 1 aliphatic rings. The monoisotopic (exact) mass is 282 g/mol. The van der Waals surface area contributed by atoms with E-state index < -0.39 is 0 Å². The van der Waals surface area contributed by atoms with Gasteiger partial charge in [-0.25, -0.2) is 4.68 Å². The topological polar surface area (TPSA) is 84.4 Å². The van der Waals surface area contributed by atoms with Gasteiger partial charge in [0.2, 0.25) is 5.82 Å². The van der Waals surface area contributed by atoms with E-state index in [-0.39, 0.29) is 17.2 Å². The van der Waals surface area contributed by atoms with Crippen molar-refractivity contribution >= 4 is 11.5 Å². The van der Waals surface area contributed by atoms with Crippen molar-refractivity contribution in [1.82, 2.24) is 9.78 Å². The maximum absolute atomic E-state index is 11.4. The molecule has 0 atom stereocenters. The molecule has 0 bridgehead atoms. The van der Waals surface area contributed by atoms with Crippen molar-refractivity contribution in [3.63, 3.8) is 0 Å². The van der Waals surface area contributed by atoms with Crippen LogP contribution in [0.2, 0.25) is 0 Å². The third-order valence-corrected chi connectivity index (χ3v) is 3.92. The highest BCUT2D eigenvalue weighted by atomic mass is 16.6. The molecule has 0 aliphatic heterocycles. The Bertz CT molecular complexity index is 482. The first-order valence-corrected chi connectivity index (χ1v) is 7.17. The zero-order chi connectivity index (χ0) is 14.7. The molecular formula is C13H22N4O3. The van der Waals surface area contributed by atoms with Crippen LogP contribution in [0.15, 0.2) is 0 Å². The van der Waals surface area contributed by atoms with Crippen LogP contribution >= 0.6 is 0 Å². The molecule has 0 unspecified atom stereocenters. The molecule has 1 heterocycles. The lowest BCUT2D eigenvalue weighted by Crippen LogP contribution is -2.42. The van der Waals surface area contributed by atoms with Crippen molar-refractivity contribution < 1.29 is 10.0 Å². The van der Waals surface area contributed by atoms with Crippen molar-refractivity contribution in [2.75, 3.05) is 18.1 Å². The van der Waals surface area contributed by atoms with E-state index in [2.05, 4.69) is 10.00 Å². The average molecular weight is 282 g/mol. The largest absolute Gasteiger partial charge is 0.396 e. The van der Waals surface area contributed by atoms with Gasteiger partial charge in [-0.05, 0) is 32.1 Å². The first-order valence-electron chi connectivity index (χ1n) is 7.17. The summed E-state index contributed by atoms with van der Waals surface area (Å²) in [6, 6.07) is 0.334. The van der Waals surface area contributed by atoms with Crippen LogP contribution in [0.4, 0.5) is 11.5 Å². The van der Waals surface area contributed by atoms with Crippen LogP contribution in [0.3, 0.4) is 0 Å². The minimum atomic E-state index is -0.328. The van der Waals surface area contributed by atoms with Crippen molar-refractivity contribution in [3.05, 3.63) is 15.8 Å². The molecule has 112 valence electrons. The van der Waals surface area contributed by atoms with E-state index in [9.17, 15) is 10.1 Å². The molecule has 0 radical (unpaired) electrons. The fraction of sp³-hybridized carbons (Fsp3) is 0.769. The molecule has 1 aromatic rings. The third kappa shape index (κ3) is 2.63. The van der Waals surface area contributed by atoms with Gasteiger partial charge in [0.05, 0.1) is 4.92 Å². The van der Waals surface area contributed by atoms with Crippen molar-refractivity contribution in [2.24, 2.45) is 7.05 Å². The van der Waals surface area contributed by atoms with Gasteiger partial charge in [0, 0.05) is 26.2 Å². The minimum absolute atomic E-state index is 0.0928. The smallest absolute Gasteiger partial charge is 0.334 e. The molecule has 0 aromatic carbocycles. The molecule has 1 fully saturated rings. The van der Waals surface area contributed by atoms with Crippen LogP contribution in [0, 0.1) is 10.1 Å². The summed E-state index contributed by atoms with van der Waals surface area (Å²) >= 11 is 0. The number of hydrogen-bond acceptors (Lipinski definition) is 5. The minimum Gasteiger partial charge on any atom is -0.396 e. The number of hydrogen-bond donors (Lipinski definition) is 1. The van der Waals surface area contributed by atoms with E-state index >= 15 is 0 Å². The van der Waals surface area contributed by atoms with Crippen LogP contribution in [0.25, 0.3) is 0 Å². The Balaban J connectivity index is 2.40. The van der Waals surface area contributed by atoms with Crippen LogP contribution in [-0.2, 0) is 13.5 Å². The zero-order valence-electron chi connectivity index (χ0n) is 12.1. The van der Waals surface area contributed by atoms with Crippen LogP contribution in [-0.4, -0.2) is 39.0 Å². The molecule has 7 heteroatoms. The zero-order valence-corrected chi connectivity index (χ0v) is 12.1. The van der Waals surface area contributed by atoms with Gasteiger partial charge >= 0.3 is 5.69 Å². The highest BCUT2D eigenvalue weighted by molar-refractivity contribution is 5.62. The Morgan fingerprint density at radius 2 is 2.25 bits per heavy atom. The van der Waals surface area contributed by atoms with Gasteiger partial charge in [-0.2, -0.15) is 5.10 Å².